The van der Waals surface area contributed by atoms with Gasteiger partial charge >= 0.3 is 0 Å². The molecule has 1 aliphatic heterocycles. The fraction of sp³-hybridized carbons (Fsp3) is 0.200. The molecule has 1 heterocycles. The summed E-state index contributed by atoms with van der Waals surface area (Å²) in [5.41, 5.74) is 3.18. The second-order valence-electron chi connectivity index (χ2n) is 4.65. The highest BCUT2D eigenvalue weighted by molar-refractivity contribution is 6.35. The normalized spacial score (nSPS) is 17.3. The maximum Gasteiger partial charge on any atom is 0.143 e. The number of rotatable bonds is 1. The molecule has 1 N–H and O–H groups in total. The number of nitrogens with one attached hydrogen (secondary N) is 1. The van der Waals surface area contributed by atoms with Crippen LogP contribution in [-0.2, 0) is 0 Å². The molecule has 0 aromatic heterocycles. The first-order valence-corrected chi connectivity index (χ1v) is 6.85. The Kier molecular flexibility index (Phi) is 3.29. The first-order valence-electron chi connectivity index (χ1n) is 6.09. The summed E-state index contributed by atoms with van der Waals surface area (Å²) < 4.78 is 6.00. The summed E-state index contributed by atoms with van der Waals surface area (Å²) in [6.07, 6.45) is -0.0972. The first-order chi connectivity index (χ1) is 9.13. The quantitative estimate of drug-likeness (QED) is 0.812. The Morgan fingerprint density at radius 3 is 2.79 bits per heavy atom. The van der Waals surface area contributed by atoms with Crippen LogP contribution < -0.4 is 10.1 Å². The zero-order valence-corrected chi connectivity index (χ0v) is 11.9. The molecule has 0 amide bonds. The van der Waals surface area contributed by atoms with E-state index in [-0.39, 0.29) is 6.10 Å². The van der Waals surface area contributed by atoms with Crippen molar-refractivity contribution in [2.24, 2.45) is 0 Å². The Balaban J connectivity index is 1.91. The van der Waals surface area contributed by atoms with Crippen LogP contribution in [0.15, 0.2) is 36.4 Å². The lowest BCUT2D eigenvalue weighted by Crippen LogP contribution is -2.23. The molecule has 2 aromatic rings. The molecule has 3 rings (SSSR count). The summed E-state index contributed by atoms with van der Waals surface area (Å²) in [4.78, 5) is 0. The molecule has 0 spiro atoms. The summed E-state index contributed by atoms with van der Waals surface area (Å²) in [6, 6.07) is 11.6. The first kappa shape index (κ1) is 12.6. The summed E-state index contributed by atoms with van der Waals surface area (Å²) in [6.45, 7) is 2.75. The summed E-state index contributed by atoms with van der Waals surface area (Å²) >= 11 is 12.1. The molecule has 1 unspecified atom stereocenters. The third-order valence-electron chi connectivity index (χ3n) is 3.19. The molecule has 0 aliphatic carbocycles. The molecule has 0 saturated carbocycles. The molecule has 0 bridgehead atoms. The van der Waals surface area contributed by atoms with E-state index in [0.29, 0.717) is 16.6 Å². The molecule has 2 aromatic carbocycles. The van der Waals surface area contributed by atoms with Crippen molar-refractivity contribution in [3.63, 3.8) is 0 Å². The molecule has 0 radical (unpaired) electrons. The van der Waals surface area contributed by atoms with Gasteiger partial charge in [-0.3, -0.25) is 0 Å². The van der Waals surface area contributed by atoms with Gasteiger partial charge in [0.2, 0.25) is 0 Å². The van der Waals surface area contributed by atoms with Crippen molar-refractivity contribution in [2.45, 2.75) is 13.0 Å². The van der Waals surface area contributed by atoms with Crippen molar-refractivity contribution < 1.29 is 4.74 Å². The average molecular weight is 294 g/mol. The van der Waals surface area contributed by atoms with E-state index >= 15 is 0 Å². The highest BCUT2D eigenvalue weighted by Gasteiger charge is 2.22. The summed E-state index contributed by atoms with van der Waals surface area (Å²) in [7, 11) is 0. The average Bonchev–Trinajstić information content (AvgIpc) is 2.38. The van der Waals surface area contributed by atoms with Gasteiger partial charge in [-0.2, -0.15) is 0 Å². The maximum absolute atomic E-state index is 6.22. The molecule has 19 heavy (non-hydrogen) atoms. The lowest BCUT2D eigenvalue weighted by molar-refractivity contribution is 0.210. The maximum atomic E-state index is 6.22. The molecular formula is C15H13Cl2NO. The van der Waals surface area contributed by atoms with Crippen LogP contribution in [0, 0.1) is 6.92 Å². The van der Waals surface area contributed by atoms with Crippen LogP contribution in [0.5, 0.6) is 5.75 Å². The van der Waals surface area contributed by atoms with E-state index in [2.05, 4.69) is 18.3 Å². The third kappa shape index (κ3) is 2.51. The third-order valence-corrected chi connectivity index (χ3v) is 3.75. The van der Waals surface area contributed by atoms with Gasteiger partial charge in [-0.15, -0.1) is 0 Å². The van der Waals surface area contributed by atoms with E-state index in [1.807, 2.05) is 24.3 Å². The van der Waals surface area contributed by atoms with Gasteiger partial charge in [0.05, 0.1) is 12.2 Å². The minimum Gasteiger partial charge on any atom is -0.482 e. The number of ether oxygens (including phenoxy) is 1. The van der Waals surface area contributed by atoms with Gasteiger partial charge in [0.15, 0.2) is 0 Å². The molecule has 0 saturated heterocycles. The zero-order chi connectivity index (χ0) is 13.4. The van der Waals surface area contributed by atoms with E-state index in [9.17, 15) is 0 Å². The molecular weight excluding hydrogens is 281 g/mol. The van der Waals surface area contributed by atoms with Crippen molar-refractivity contribution in [2.75, 3.05) is 11.9 Å². The van der Waals surface area contributed by atoms with Gasteiger partial charge in [0, 0.05) is 15.6 Å². The number of aryl methyl sites for hydroxylation is 1. The van der Waals surface area contributed by atoms with Gasteiger partial charge in [0.1, 0.15) is 11.9 Å². The van der Waals surface area contributed by atoms with Crippen LogP contribution in [0.25, 0.3) is 0 Å². The Bertz CT molecular complexity index is 628. The van der Waals surface area contributed by atoms with Gasteiger partial charge in [-0.05, 0) is 36.8 Å². The van der Waals surface area contributed by atoms with Gasteiger partial charge < -0.3 is 10.1 Å². The molecule has 2 nitrogen and oxygen atoms in total. The van der Waals surface area contributed by atoms with Crippen molar-refractivity contribution in [1.82, 2.24) is 0 Å². The number of hydrogen-bond acceptors (Lipinski definition) is 2. The minimum absolute atomic E-state index is 0.0972. The number of fused-ring (bicyclic) bond motifs is 1. The van der Waals surface area contributed by atoms with E-state index < -0.39 is 0 Å². The van der Waals surface area contributed by atoms with Gasteiger partial charge in [-0.25, -0.2) is 0 Å². The number of anilines is 1. The molecule has 1 atom stereocenters. The highest BCUT2D eigenvalue weighted by atomic mass is 35.5. The van der Waals surface area contributed by atoms with Crippen LogP contribution in [0.1, 0.15) is 17.2 Å². The fourth-order valence-electron chi connectivity index (χ4n) is 2.22. The molecule has 1 aliphatic rings. The summed E-state index contributed by atoms with van der Waals surface area (Å²) in [5, 5.41) is 4.64. The van der Waals surface area contributed by atoms with E-state index in [4.69, 9.17) is 27.9 Å². The molecule has 98 valence electrons. The molecule has 4 heteroatoms. The largest absolute Gasteiger partial charge is 0.482 e. The fourth-order valence-corrected chi connectivity index (χ4v) is 2.75. The minimum atomic E-state index is -0.0972. The standard InChI is InChI=1S/C15H13Cl2NO/c1-9-2-5-14-13(6-9)18-8-15(19-14)11-4-3-10(16)7-12(11)17/h2-7,15,18H,8H2,1H3. The Morgan fingerprint density at radius 2 is 2.00 bits per heavy atom. The smallest absolute Gasteiger partial charge is 0.143 e. The Hall–Kier alpha value is -1.38. The van der Waals surface area contributed by atoms with Crippen molar-refractivity contribution >= 4 is 28.9 Å². The van der Waals surface area contributed by atoms with Crippen LogP contribution in [0.3, 0.4) is 0 Å². The molecule has 0 fully saturated rings. The van der Waals surface area contributed by atoms with Gasteiger partial charge in [0.25, 0.3) is 0 Å². The lowest BCUT2D eigenvalue weighted by atomic mass is 10.1. The zero-order valence-electron chi connectivity index (χ0n) is 10.4. The predicted octanol–water partition coefficient (Wildman–Crippen LogP) is 4.85. The van der Waals surface area contributed by atoms with Crippen LogP contribution in [-0.4, -0.2) is 6.54 Å². The van der Waals surface area contributed by atoms with Crippen LogP contribution in [0.2, 0.25) is 10.0 Å². The van der Waals surface area contributed by atoms with Crippen molar-refractivity contribution in [3.05, 3.63) is 57.6 Å². The predicted molar refractivity (Wildman–Crippen MR) is 79.5 cm³/mol. The van der Waals surface area contributed by atoms with Crippen molar-refractivity contribution in [3.8, 4) is 5.75 Å². The highest BCUT2D eigenvalue weighted by Crippen LogP contribution is 2.37. The lowest BCUT2D eigenvalue weighted by Gasteiger charge is -2.28. The number of benzene rings is 2. The van der Waals surface area contributed by atoms with Crippen molar-refractivity contribution in [1.29, 1.82) is 0 Å². The SMILES string of the molecule is Cc1ccc2c(c1)NCC(c1ccc(Cl)cc1Cl)O2. The Morgan fingerprint density at radius 1 is 1.16 bits per heavy atom. The topological polar surface area (TPSA) is 21.3 Å². The second-order valence-corrected chi connectivity index (χ2v) is 5.50. The van der Waals surface area contributed by atoms with E-state index in [0.717, 1.165) is 17.0 Å². The van der Waals surface area contributed by atoms with Crippen LogP contribution >= 0.6 is 23.2 Å². The number of hydrogen-bond donors (Lipinski definition) is 1. The van der Waals surface area contributed by atoms with Gasteiger partial charge in [-0.1, -0.05) is 35.3 Å². The number of halogens is 2. The Labute approximate surface area is 122 Å². The monoisotopic (exact) mass is 293 g/mol. The summed E-state index contributed by atoms with van der Waals surface area (Å²) in [5.74, 6) is 0.855. The van der Waals surface area contributed by atoms with Crippen LogP contribution in [0.4, 0.5) is 5.69 Å². The second kappa shape index (κ2) is 4.95. The van der Waals surface area contributed by atoms with E-state index in [1.165, 1.54) is 5.56 Å². The van der Waals surface area contributed by atoms with E-state index in [1.54, 1.807) is 6.07 Å².